The zero-order chi connectivity index (χ0) is 8.36. The van der Waals surface area contributed by atoms with E-state index in [4.69, 9.17) is 5.41 Å². The summed E-state index contributed by atoms with van der Waals surface area (Å²) >= 11 is 0. The van der Waals surface area contributed by atoms with Gasteiger partial charge in [0.1, 0.15) is 0 Å². The Balaban J connectivity index is 4.40. The Hall–Kier alpha value is -0.590. The molecule has 0 aliphatic rings. The second-order valence-corrected chi connectivity index (χ2v) is 3.24. The zero-order valence-electron chi connectivity index (χ0n) is 7.41. The molecule has 0 aromatic carbocycles. The molecule has 0 aromatic heterocycles. The van der Waals surface area contributed by atoms with E-state index in [0.717, 1.165) is 17.7 Å². The number of hydrogen-bond acceptors (Lipinski definition) is 1. The first kappa shape index (κ1) is 9.41. The van der Waals surface area contributed by atoms with Gasteiger partial charge < -0.3 is 5.41 Å². The lowest BCUT2D eigenvalue weighted by Crippen LogP contribution is -2.23. The van der Waals surface area contributed by atoms with E-state index in [2.05, 4.69) is 6.58 Å². The Morgan fingerprint density at radius 1 is 1.50 bits per heavy atom. The van der Waals surface area contributed by atoms with E-state index in [9.17, 15) is 0 Å². The summed E-state index contributed by atoms with van der Waals surface area (Å²) in [6.45, 7) is 11.9. The normalized spacial score (nSPS) is 11.2. The molecule has 0 aromatic rings. The molecule has 0 aliphatic carbocycles. The van der Waals surface area contributed by atoms with Gasteiger partial charge in [-0.05, 0) is 13.3 Å². The number of allylic oxidation sites excluding steroid dienone is 1. The van der Waals surface area contributed by atoms with Gasteiger partial charge in [-0.15, -0.1) is 0 Å². The molecule has 0 bridgehead atoms. The van der Waals surface area contributed by atoms with Crippen molar-refractivity contribution in [1.29, 1.82) is 5.41 Å². The predicted molar refractivity (Wildman–Crippen MR) is 46.6 cm³/mol. The van der Waals surface area contributed by atoms with Crippen LogP contribution >= 0.6 is 0 Å². The summed E-state index contributed by atoms with van der Waals surface area (Å²) < 4.78 is 0. The summed E-state index contributed by atoms with van der Waals surface area (Å²) in [5.74, 6) is 0. The van der Waals surface area contributed by atoms with E-state index in [1.807, 2.05) is 27.7 Å². The minimum absolute atomic E-state index is 0.102. The zero-order valence-corrected chi connectivity index (χ0v) is 7.41. The smallest absolute Gasteiger partial charge is 0.0226 e. The fourth-order valence-corrected chi connectivity index (χ4v) is 0.700. The molecular formula is C9H17N. The van der Waals surface area contributed by atoms with Gasteiger partial charge in [-0.25, -0.2) is 0 Å². The molecule has 0 saturated heterocycles. The highest BCUT2D eigenvalue weighted by atomic mass is 14.5. The van der Waals surface area contributed by atoms with Crippen molar-refractivity contribution < 1.29 is 0 Å². The topological polar surface area (TPSA) is 23.9 Å². The van der Waals surface area contributed by atoms with Gasteiger partial charge in [0.2, 0.25) is 0 Å². The SMILES string of the molecule is C=C(C)C(C)(C)C(=N)CC. The van der Waals surface area contributed by atoms with Gasteiger partial charge >= 0.3 is 0 Å². The van der Waals surface area contributed by atoms with Crippen molar-refractivity contribution in [2.24, 2.45) is 5.41 Å². The first-order chi connectivity index (χ1) is 4.42. The molecule has 0 saturated carbocycles. The summed E-state index contributed by atoms with van der Waals surface area (Å²) in [6, 6.07) is 0. The molecule has 0 amide bonds. The van der Waals surface area contributed by atoms with Crippen molar-refractivity contribution in [3.63, 3.8) is 0 Å². The molecule has 1 N–H and O–H groups in total. The summed E-state index contributed by atoms with van der Waals surface area (Å²) in [6.07, 6.45) is 0.819. The van der Waals surface area contributed by atoms with Gasteiger partial charge in [-0.1, -0.05) is 32.9 Å². The third kappa shape index (κ3) is 1.69. The van der Waals surface area contributed by atoms with Gasteiger partial charge in [0.05, 0.1) is 0 Å². The van der Waals surface area contributed by atoms with E-state index >= 15 is 0 Å². The van der Waals surface area contributed by atoms with Crippen LogP contribution in [0.3, 0.4) is 0 Å². The van der Waals surface area contributed by atoms with Crippen LogP contribution < -0.4 is 0 Å². The van der Waals surface area contributed by atoms with Crippen LogP contribution in [0.2, 0.25) is 0 Å². The van der Waals surface area contributed by atoms with Gasteiger partial charge in [0, 0.05) is 11.1 Å². The Bertz CT molecular complexity index is 154. The molecule has 0 unspecified atom stereocenters. The summed E-state index contributed by atoms with van der Waals surface area (Å²) in [7, 11) is 0. The molecule has 0 rings (SSSR count). The Kier molecular flexibility index (Phi) is 2.82. The molecule has 0 fully saturated rings. The van der Waals surface area contributed by atoms with Crippen LogP contribution in [0.25, 0.3) is 0 Å². The molecule has 0 atom stereocenters. The van der Waals surface area contributed by atoms with Crippen LogP contribution in [-0.2, 0) is 0 Å². The number of rotatable bonds is 3. The number of nitrogens with one attached hydrogen (secondary N) is 1. The van der Waals surface area contributed by atoms with Crippen molar-refractivity contribution in [1.82, 2.24) is 0 Å². The fraction of sp³-hybridized carbons (Fsp3) is 0.667. The second-order valence-electron chi connectivity index (χ2n) is 3.24. The van der Waals surface area contributed by atoms with E-state index < -0.39 is 0 Å². The molecule has 0 spiro atoms. The van der Waals surface area contributed by atoms with Gasteiger partial charge in [0.25, 0.3) is 0 Å². The average molecular weight is 139 g/mol. The van der Waals surface area contributed by atoms with Crippen LogP contribution in [0.4, 0.5) is 0 Å². The molecule has 1 nitrogen and oxygen atoms in total. The van der Waals surface area contributed by atoms with Crippen molar-refractivity contribution in [3.8, 4) is 0 Å². The molecule has 0 aliphatic heterocycles. The van der Waals surface area contributed by atoms with E-state index in [1.165, 1.54) is 0 Å². The third-order valence-electron chi connectivity index (χ3n) is 2.17. The van der Waals surface area contributed by atoms with Crippen LogP contribution in [0.5, 0.6) is 0 Å². The summed E-state index contributed by atoms with van der Waals surface area (Å²) in [4.78, 5) is 0. The van der Waals surface area contributed by atoms with E-state index in [1.54, 1.807) is 0 Å². The Morgan fingerprint density at radius 2 is 1.90 bits per heavy atom. The van der Waals surface area contributed by atoms with Crippen LogP contribution in [0, 0.1) is 10.8 Å². The van der Waals surface area contributed by atoms with Crippen molar-refractivity contribution in [2.45, 2.75) is 34.1 Å². The van der Waals surface area contributed by atoms with Crippen molar-refractivity contribution >= 4 is 5.71 Å². The molecule has 58 valence electrons. The van der Waals surface area contributed by atoms with Crippen LogP contribution in [-0.4, -0.2) is 5.71 Å². The Labute approximate surface area is 63.7 Å². The molecular weight excluding hydrogens is 122 g/mol. The molecule has 0 radical (unpaired) electrons. The van der Waals surface area contributed by atoms with Crippen molar-refractivity contribution in [2.75, 3.05) is 0 Å². The van der Waals surface area contributed by atoms with Gasteiger partial charge in [0.15, 0.2) is 0 Å². The van der Waals surface area contributed by atoms with E-state index in [-0.39, 0.29) is 5.41 Å². The fourth-order valence-electron chi connectivity index (χ4n) is 0.700. The third-order valence-corrected chi connectivity index (χ3v) is 2.17. The quantitative estimate of drug-likeness (QED) is 0.459. The average Bonchev–Trinajstić information content (AvgIpc) is 1.86. The Morgan fingerprint density at radius 3 is 2.00 bits per heavy atom. The molecule has 10 heavy (non-hydrogen) atoms. The standard InChI is InChI=1S/C9H17N/c1-6-8(10)9(4,5)7(2)3/h10H,2,6H2,1,3-5H3. The predicted octanol–water partition coefficient (Wildman–Crippen LogP) is 3.02. The second kappa shape index (κ2) is 3.00. The van der Waals surface area contributed by atoms with Crippen LogP contribution in [0.1, 0.15) is 34.1 Å². The van der Waals surface area contributed by atoms with E-state index in [0.29, 0.717) is 0 Å². The van der Waals surface area contributed by atoms with Gasteiger partial charge in [-0.3, -0.25) is 0 Å². The lowest BCUT2D eigenvalue weighted by atomic mass is 9.80. The first-order valence-corrected chi connectivity index (χ1v) is 3.66. The number of hydrogen-bond donors (Lipinski definition) is 1. The highest BCUT2D eigenvalue weighted by molar-refractivity contribution is 5.89. The lowest BCUT2D eigenvalue weighted by molar-refractivity contribution is 0.612. The van der Waals surface area contributed by atoms with Crippen LogP contribution in [0.15, 0.2) is 12.2 Å². The van der Waals surface area contributed by atoms with Gasteiger partial charge in [-0.2, -0.15) is 0 Å². The first-order valence-electron chi connectivity index (χ1n) is 3.66. The lowest BCUT2D eigenvalue weighted by Gasteiger charge is -2.25. The largest absolute Gasteiger partial charge is 0.309 e. The maximum Gasteiger partial charge on any atom is 0.0226 e. The molecule has 0 heterocycles. The maximum atomic E-state index is 7.61. The molecule has 1 heteroatoms. The summed E-state index contributed by atoms with van der Waals surface area (Å²) in [5, 5.41) is 7.61. The minimum Gasteiger partial charge on any atom is -0.309 e. The highest BCUT2D eigenvalue weighted by Crippen LogP contribution is 2.26. The maximum absolute atomic E-state index is 7.61. The highest BCUT2D eigenvalue weighted by Gasteiger charge is 2.22. The van der Waals surface area contributed by atoms with Crippen molar-refractivity contribution in [3.05, 3.63) is 12.2 Å². The monoisotopic (exact) mass is 139 g/mol. The summed E-state index contributed by atoms with van der Waals surface area (Å²) in [5.41, 5.74) is 1.73. The minimum atomic E-state index is -0.102.